The molecule has 0 spiro atoms. The second kappa shape index (κ2) is 11.7. The zero-order valence-electron chi connectivity index (χ0n) is 17.4. The SMILES string of the molecule is CCCC/C(=C/C(=O)c1ccccc1)NCCc1cc(OC)c(OC)cc1C=O. The van der Waals surface area contributed by atoms with E-state index < -0.39 is 0 Å². The van der Waals surface area contributed by atoms with Crippen molar-refractivity contribution in [2.45, 2.75) is 32.6 Å². The van der Waals surface area contributed by atoms with Gasteiger partial charge in [0.25, 0.3) is 0 Å². The lowest BCUT2D eigenvalue weighted by Gasteiger charge is -2.14. The average Bonchev–Trinajstić information content (AvgIpc) is 2.77. The monoisotopic (exact) mass is 395 g/mol. The fraction of sp³-hybridized carbons (Fsp3) is 0.333. The molecule has 0 fully saturated rings. The highest BCUT2D eigenvalue weighted by atomic mass is 16.5. The number of aldehydes is 1. The summed E-state index contributed by atoms with van der Waals surface area (Å²) in [5, 5.41) is 3.37. The highest BCUT2D eigenvalue weighted by Gasteiger charge is 2.11. The minimum Gasteiger partial charge on any atom is -0.493 e. The lowest BCUT2D eigenvalue weighted by atomic mass is 10.0. The number of carbonyl (C=O) groups excluding carboxylic acids is 2. The molecule has 2 rings (SSSR count). The average molecular weight is 395 g/mol. The molecule has 0 aliphatic heterocycles. The Balaban J connectivity index is 2.11. The van der Waals surface area contributed by atoms with E-state index in [2.05, 4.69) is 12.2 Å². The number of nitrogens with one attached hydrogen (secondary N) is 1. The summed E-state index contributed by atoms with van der Waals surface area (Å²) in [6.45, 7) is 2.73. The Morgan fingerprint density at radius 2 is 1.76 bits per heavy atom. The van der Waals surface area contributed by atoms with Crippen molar-refractivity contribution < 1.29 is 19.1 Å². The first-order chi connectivity index (χ1) is 14.1. The van der Waals surface area contributed by atoms with Gasteiger partial charge in [-0.15, -0.1) is 0 Å². The summed E-state index contributed by atoms with van der Waals surface area (Å²) in [6.07, 6.45) is 5.98. The number of ether oxygens (including phenoxy) is 2. The summed E-state index contributed by atoms with van der Waals surface area (Å²) in [5.74, 6) is 1.11. The molecule has 0 radical (unpaired) electrons. The third-order valence-electron chi connectivity index (χ3n) is 4.68. The molecule has 2 aromatic carbocycles. The van der Waals surface area contributed by atoms with Crippen LogP contribution in [0.5, 0.6) is 11.5 Å². The molecule has 5 nitrogen and oxygen atoms in total. The summed E-state index contributed by atoms with van der Waals surface area (Å²) in [5.41, 5.74) is 3.03. The van der Waals surface area contributed by atoms with E-state index in [1.165, 1.54) is 0 Å². The molecule has 0 amide bonds. The van der Waals surface area contributed by atoms with Crippen LogP contribution in [0.2, 0.25) is 0 Å². The molecule has 0 heterocycles. The molecule has 5 heteroatoms. The van der Waals surface area contributed by atoms with E-state index in [-0.39, 0.29) is 5.78 Å². The van der Waals surface area contributed by atoms with Gasteiger partial charge in [0.05, 0.1) is 14.2 Å². The molecular formula is C24H29NO4. The van der Waals surface area contributed by atoms with Crippen molar-refractivity contribution >= 4 is 12.1 Å². The molecule has 0 unspecified atom stereocenters. The molecular weight excluding hydrogens is 366 g/mol. The maximum absolute atomic E-state index is 12.5. The molecule has 0 aliphatic rings. The van der Waals surface area contributed by atoms with Crippen LogP contribution in [-0.2, 0) is 6.42 Å². The molecule has 0 aliphatic carbocycles. The number of unbranched alkanes of at least 4 members (excludes halogenated alkanes) is 1. The quantitative estimate of drug-likeness (QED) is 0.323. The van der Waals surface area contributed by atoms with Gasteiger partial charge in [-0.05, 0) is 37.0 Å². The molecule has 0 bridgehead atoms. The van der Waals surface area contributed by atoms with Crippen molar-refractivity contribution in [3.63, 3.8) is 0 Å². The first-order valence-electron chi connectivity index (χ1n) is 9.86. The van der Waals surface area contributed by atoms with Crippen LogP contribution < -0.4 is 14.8 Å². The van der Waals surface area contributed by atoms with Gasteiger partial charge >= 0.3 is 0 Å². The van der Waals surface area contributed by atoms with Crippen LogP contribution in [0.4, 0.5) is 0 Å². The number of allylic oxidation sites excluding steroid dienone is 2. The zero-order valence-corrected chi connectivity index (χ0v) is 17.4. The lowest BCUT2D eigenvalue weighted by Crippen LogP contribution is -2.18. The van der Waals surface area contributed by atoms with Gasteiger partial charge < -0.3 is 14.8 Å². The summed E-state index contributed by atoms with van der Waals surface area (Å²) < 4.78 is 10.6. The van der Waals surface area contributed by atoms with Crippen LogP contribution in [0.25, 0.3) is 0 Å². The minimum atomic E-state index is -0.0103. The van der Waals surface area contributed by atoms with E-state index >= 15 is 0 Å². The Morgan fingerprint density at radius 1 is 1.07 bits per heavy atom. The first kappa shape index (κ1) is 22.2. The Kier molecular flexibility index (Phi) is 8.96. The van der Waals surface area contributed by atoms with Crippen molar-refractivity contribution in [1.29, 1.82) is 0 Å². The molecule has 29 heavy (non-hydrogen) atoms. The van der Waals surface area contributed by atoms with Crippen molar-refractivity contribution in [1.82, 2.24) is 5.32 Å². The summed E-state index contributed by atoms with van der Waals surface area (Å²) in [7, 11) is 3.11. The maximum atomic E-state index is 12.5. The fourth-order valence-electron chi connectivity index (χ4n) is 3.04. The van der Waals surface area contributed by atoms with Crippen LogP contribution >= 0.6 is 0 Å². The second-order valence-corrected chi connectivity index (χ2v) is 6.70. The minimum absolute atomic E-state index is 0.0103. The molecule has 1 N–H and O–H groups in total. The second-order valence-electron chi connectivity index (χ2n) is 6.70. The third kappa shape index (κ3) is 6.49. The van der Waals surface area contributed by atoms with Gasteiger partial charge in [0, 0.05) is 29.4 Å². The Labute approximate surface area is 172 Å². The van der Waals surface area contributed by atoms with E-state index in [9.17, 15) is 9.59 Å². The summed E-state index contributed by atoms with van der Waals surface area (Å²) >= 11 is 0. The predicted octanol–water partition coefficient (Wildman–Crippen LogP) is 4.61. The van der Waals surface area contributed by atoms with Gasteiger partial charge in [-0.2, -0.15) is 0 Å². The number of carbonyl (C=O) groups is 2. The molecule has 2 aromatic rings. The fourth-order valence-corrected chi connectivity index (χ4v) is 3.04. The van der Waals surface area contributed by atoms with Crippen LogP contribution in [-0.4, -0.2) is 32.8 Å². The molecule has 154 valence electrons. The molecule has 0 aromatic heterocycles. The van der Waals surface area contributed by atoms with Crippen LogP contribution in [0.1, 0.15) is 52.5 Å². The maximum Gasteiger partial charge on any atom is 0.187 e. The van der Waals surface area contributed by atoms with Gasteiger partial charge in [0.1, 0.15) is 6.29 Å². The van der Waals surface area contributed by atoms with E-state index in [1.54, 1.807) is 26.4 Å². The van der Waals surface area contributed by atoms with E-state index in [4.69, 9.17) is 9.47 Å². The van der Waals surface area contributed by atoms with E-state index in [0.717, 1.165) is 36.8 Å². The molecule has 0 atom stereocenters. The number of benzene rings is 2. The van der Waals surface area contributed by atoms with Crippen molar-refractivity contribution in [3.8, 4) is 11.5 Å². The van der Waals surface area contributed by atoms with Crippen molar-refractivity contribution in [3.05, 3.63) is 70.9 Å². The van der Waals surface area contributed by atoms with E-state index in [0.29, 0.717) is 35.6 Å². The van der Waals surface area contributed by atoms with Gasteiger partial charge in [-0.25, -0.2) is 0 Å². The number of rotatable bonds is 12. The van der Waals surface area contributed by atoms with Gasteiger partial charge in [0.2, 0.25) is 0 Å². The van der Waals surface area contributed by atoms with Crippen molar-refractivity contribution in [2.24, 2.45) is 0 Å². The Bertz CT molecular complexity index is 843. The molecule has 0 saturated heterocycles. The van der Waals surface area contributed by atoms with Gasteiger partial charge in [-0.1, -0.05) is 43.7 Å². The van der Waals surface area contributed by atoms with Crippen LogP contribution in [0.15, 0.2) is 54.2 Å². The van der Waals surface area contributed by atoms with Gasteiger partial charge in [-0.3, -0.25) is 9.59 Å². The highest BCUT2D eigenvalue weighted by Crippen LogP contribution is 2.30. The normalized spacial score (nSPS) is 11.1. The van der Waals surface area contributed by atoms with Gasteiger partial charge in [0.15, 0.2) is 17.3 Å². The number of methoxy groups -OCH3 is 2. The largest absolute Gasteiger partial charge is 0.493 e. The summed E-state index contributed by atoms with van der Waals surface area (Å²) in [4.78, 5) is 24.0. The smallest absolute Gasteiger partial charge is 0.187 e. The zero-order chi connectivity index (χ0) is 21.1. The summed E-state index contributed by atoms with van der Waals surface area (Å²) in [6, 6.07) is 12.8. The molecule has 0 saturated carbocycles. The lowest BCUT2D eigenvalue weighted by molar-refractivity contribution is 0.104. The first-order valence-corrected chi connectivity index (χ1v) is 9.86. The third-order valence-corrected chi connectivity index (χ3v) is 4.68. The number of hydrogen-bond acceptors (Lipinski definition) is 5. The predicted molar refractivity (Wildman–Crippen MR) is 115 cm³/mol. The van der Waals surface area contributed by atoms with Crippen LogP contribution in [0.3, 0.4) is 0 Å². The van der Waals surface area contributed by atoms with Crippen molar-refractivity contribution in [2.75, 3.05) is 20.8 Å². The Morgan fingerprint density at radius 3 is 2.38 bits per heavy atom. The number of hydrogen-bond donors (Lipinski definition) is 1. The van der Waals surface area contributed by atoms with Crippen LogP contribution in [0, 0.1) is 0 Å². The Hall–Kier alpha value is -3.08. The number of ketones is 1. The standard InChI is InChI=1S/C24H29NO4/c1-4-5-11-21(16-22(27)18-9-7-6-8-10-18)25-13-12-19-14-23(28-2)24(29-3)15-20(19)17-26/h6-10,14-17,25H,4-5,11-13H2,1-3H3/b21-16-. The highest BCUT2D eigenvalue weighted by molar-refractivity contribution is 6.04. The topological polar surface area (TPSA) is 64.6 Å². The van der Waals surface area contributed by atoms with E-state index in [1.807, 2.05) is 36.4 Å².